The predicted molar refractivity (Wildman–Crippen MR) is 111 cm³/mol. The molecule has 0 radical (unpaired) electrons. The standard InChI is InChI=1S/C21H33FN4O3/c1-7-25(8-2)19(28)14-24(6)15-20(29)26(21(3,4)5)13-18(27)23-17-11-9-16(22)10-12-17/h9-12H,7-8,13-15H2,1-6H3,(H,23,27)/p+1. The van der Waals surface area contributed by atoms with Crippen molar-refractivity contribution < 1.29 is 23.7 Å². The summed E-state index contributed by atoms with van der Waals surface area (Å²) in [5.41, 5.74) is -0.106. The molecule has 1 atom stereocenters. The molecule has 0 aromatic heterocycles. The van der Waals surface area contributed by atoms with Gasteiger partial charge in [0.1, 0.15) is 12.4 Å². The lowest BCUT2D eigenvalue weighted by Crippen LogP contribution is -3.11. The molecule has 8 heteroatoms. The number of quaternary nitrogens is 1. The van der Waals surface area contributed by atoms with Crippen molar-refractivity contribution >= 4 is 23.4 Å². The lowest BCUT2D eigenvalue weighted by atomic mass is 10.1. The molecule has 2 N–H and O–H groups in total. The minimum absolute atomic E-state index is 0.00309. The summed E-state index contributed by atoms with van der Waals surface area (Å²) in [7, 11) is 1.79. The molecule has 0 spiro atoms. The van der Waals surface area contributed by atoms with Gasteiger partial charge in [-0.1, -0.05) is 0 Å². The monoisotopic (exact) mass is 409 g/mol. The second-order valence-corrected chi connectivity index (χ2v) is 8.08. The Labute approximate surface area is 172 Å². The molecule has 0 aliphatic heterocycles. The Morgan fingerprint density at radius 3 is 2.00 bits per heavy atom. The summed E-state index contributed by atoms with van der Waals surface area (Å²) in [4.78, 5) is 41.5. The zero-order valence-corrected chi connectivity index (χ0v) is 18.3. The van der Waals surface area contributed by atoms with Crippen molar-refractivity contribution in [1.29, 1.82) is 0 Å². The number of benzene rings is 1. The smallest absolute Gasteiger partial charge is 0.278 e. The molecule has 0 aliphatic rings. The highest BCUT2D eigenvalue weighted by atomic mass is 19.1. The van der Waals surface area contributed by atoms with Crippen LogP contribution in [0.15, 0.2) is 24.3 Å². The number of carbonyl (C=O) groups excluding carboxylic acids is 3. The van der Waals surface area contributed by atoms with Gasteiger partial charge in [-0.25, -0.2) is 4.39 Å². The Bertz CT molecular complexity index is 697. The van der Waals surface area contributed by atoms with Crippen LogP contribution in [0.3, 0.4) is 0 Å². The minimum atomic E-state index is -0.569. The van der Waals surface area contributed by atoms with Crippen LogP contribution in [0.2, 0.25) is 0 Å². The molecule has 3 amide bonds. The number of nitrogens with one attached hydrogen (secondary N) is 2. The number of anilines is 1. The van der Waals surface area contributed by atoms with Crippen molar-refractivity contribution in [3.8, 4) is 0 Å². The SMILES string of the molecule is CCN(CC)C(=O)C[NH+](C)CC(=O)N(CC(=O)Nc1ccc(F)cc1)C(C)(C)C. The van der Waals surface area contributed by atoms with E-state index in [1.807, 2.05) is 34.6 Å². The Kier molecular flexibility index (Phi) is 9.23. The van der Waals surface area contributed by atoms with Crippen LogP contribution >= 0.6 is 0 Å². The molecule has 0 fully saturated rings. The second-order valence-electron chi connectivity index (χ2n) is 8.08. The van der Waals surface area contributed by atoms with Crippen LogP contribution in [0, 0.1) is 5.82 Å². The summed E-state index contributed by atoms with van der Waals surface area (Å²) in [6, 6.07) is 5.45. The van der Waals surface area contributed by atoms with Crippen LogP contribution < -0.4 is 10.2 Å². The van der Waals surface area contributed by atoms with E-state index in [9.17, 15) is 18.8 Å². The van der Waals surface area contributed by atoms with E-state index in [2.05, 4.69) is 5.32 Å². The van der Waals surface area contributed by atoms with E-state index >= 15 is 0 Å². The van der Waals surface area contributed by atoms with Crippen LogP contribution in [0.4, 0.5) is 10.1 Å². The van der Waals surface area contributed by atoms with E-state index in [0.717, 1.165) is 4.90 Å². The van der Waals surface area contributed by atoms with Gasteiger partial charge in [-0.05, 0) is 58.9 Å². The van der Waals surface area contributed by atoms with Crippen LogP contribution in [-0.2, 0) is 14.4 Å². The lowest BCUT2D eigenvalue weighted by Gasteiger charge is -2.35. The van der Waals surface area contributed by atoms with Gasteiger partial charge in [-0.15, -0.1) is 0 Å². The molecule has 29 heavy (non-hydrogen) atoms. The van der Waals surface area contributed by atoms with Gasteiger partial charge in [-0.3, -0.25) is 14.4 Å². The summed E-state index contributed by atoms with van der Waals surface area (Å²) in [5, 5.41) is 2.68. The first-order chi connectivity index (χ1) is 13.5. The zero-order valence-electron chi connectivity index (χ0n) is 18.3. The quantitative estimate of drug-likeness (QED) is 0.633. The molecular formula is C21H34FN4O3+. The fourth-order valence-corrected chi connectivity index (χ4v) is 2.94. The van der Waals surface area contributed by atoms with Crippen LogP contribution in [0.5, 0.6) is 0 Å². The Morgan fingerprint density at radius 2 is 1.52 bits per heavy atom. The summed E-state index contributed by atoms with van der Waals surface area (Å²) < 4.78 is 13.0. The van der Waals surface area contributed by atoms with E-state index in [4.69, 9.17) is 0 Å². The first-order valence-corrected chi connectivity index (χ1v) is 9.92. The fourth-order valence-electron chi connectivity index (χ4n) is 2.94. The van der Waals surface area contributed by atoms with E-state index in [1.54, 1.807) is 11.9 Å². The molecule has 1 unspecified atom stereocenters. The molecule has 0 saturated carbocycles. The van der Waals surface area contributed by atoms with Crippen molar-refractivity contribution in [2.24, 2.45) is 0 Å². The first-order valence-electron chi connectivity index (χ1n) is 9.92. The maximum atomic E-state index is 13.0. The second kappa shape index (κ2) is 10.9. The molecule has 1 aromatic carbocycles. The number of carbonyl (C=O) groups is 3. The molecule has 0 bridgehead atoms. The normalized spacial score (nSPS) is 12.2. The molecule has 1 aromatic rings. The number of amides is 3. The third-order valence-electron chi connectivity index (χ3n) is 4.56. The summed E-state index contributed by atoms with van der Waals surface area (Å²) in [6.45, 7) is 10.9. The molecule has 162 valence electrons. The number of halogens is 1. The zero-order chi connectivity index (χ0) is 22.2. The van der Waals surface area contributed by atoms with Gasteiger partial charge in [-0.2, -0.15) is 0 Å². The van der Waals surface area contributed by atoms with Gasteiger partial charge in [0.15, 0.2) is 13.1 Å². The number of hydrogen-bond donors (Lipinski definition) is 2. The number of rotatable bonds is 9. The number of hydrogen-bond acceptors (Lipinski definition) is 3. The molecule has 1 rings (SSSR count). The molecule has 0 heterocycles. The highest BCUT2D eigenvalue weighted by Crippen LogP contribution is 2.14. The third-order valence-corrected chi connectivity index (χ3v) is 4.56. The van der Waals surface area contributed by atoms with Gasteiger partial charge in [0.25, 0.3) is 11.8 Å². The molecule has 0 aliphatic carbocycles. The van der Waals surface area contributed by atoms with Crippen LogP contribution in [0.25, 0.3) is 0 Å². The van der Waals surface area contributed by atoms with Crippen LogP contribution in [-0.4, -0.2) is 72.8 Å². The Balaban J connectivity index is 2.74. The summed E-state index contributed by atoms with van der Waals surface area (Å²) in [6.07, 6.45) is 0. The Hall–Kier alpha value is -2.48. The predicted octanol–water partition coefficient (Wildman–Crippen LogP) is 0.774. The van der Waals surface area contributed by atoms with E-state index in [0.29, 0.717) is 18.8 Å². The fraction of sp³-hybridized carbons (Fsp3) is 0.571. The summed E-state index contributed by atoms with van der Waals surface area (Å²) in [5.74, 6) is -0.968. The van der Waals surface area contributed by atoms with Gasteiger partial charge < -0.3 is 20.0 Å². The van der Waals surface area contributed by atoms with Crippen LogP contribution in [0.1, 0.15) is 34.6 Å². The minimum Gasteiger partial charge on any atom is -0.338 e. The van der Waals surface area contributed by atoms with Gasteiger partial charge in [0.2, 0.25) is 5.91 Å². The highest BCUT2D eigenvalue weighted by molar-refractivity contribution is 5.94. The average Bonchev–Trinajstić information content (AvgIpc) is 2.61. The van der Waals surface area contributed by atoms with E-state index in [-0.39, 0.29) is 43.2 Å². The van der Waals surface area contributed by atoms with E-state index < -0.39 is 5.54 Å². The van der Waals surface area contributed by atoms with Crippen molar-refractivity contribution in [3.63, 3.8) is 0 Å². The molecule has 0 saturated heterocycles. The maximum Gasteiger partial charge on any atom is 0.278 e. The van der Waals surface area contributed by atoms with Crippen molar-refractivity contribution in [2.45, 2.75) is 40.2 Å². The van der Waals surface area contributed by atoms with Gasteiger partial charge in [0, 0.05) is 24.3 Å². The van der Waals surface area contributed by atoms with Gasteiger partial charge in [0.05, 0.1) is 7.05 Å². The topological polar surface area (TPSA) is 74.2 Å². The van der Waals surface area contributed by atoms with Gasteiger partial charge >= 0.3 is 0 Å². The first kappa shape index (κ1) is 24.6. The average molecular weight is 410 g/mol. The van der Waals surface area contributed by atoms with E-state index in [1.165, 1.54) is 29.2 Å². The van der Waals surface area contributed by atoms with Crippen molar-refractivity contribution in [3.05, 3.63) is 30.1 Å². The number of likely N-dealkylation sites (N-methyl/N-ethyl adjacent to an activating group) is 2. The summed E-state index contributed by atoms with van der Waals surface area (Å²) >= 11 is 0. The maximum absolute atomic E-state index is 13.0. The largest absolute Gasteiger partial charge is 0.338 e. The Morgan fingerprint density at radius 1 is 1.00 bits per heavy atom. The highest BCUT2D eigenvalue weighted by Gasteiger charge is 2.31. The number of nitrogens with zero attached hydrogens (tertiary/aromatic N) is 2. The molecule has 7 nitrogen and oxygen atoms in total. The van der Waals surface area contributed by atoms with Crippen molar-refractivity contribution in [2.75, 3.05) is 45.1 Å². The lowest BCUT2D eigenvalue weighted by molar-refractivity contribution is -0.863. The van der Waals surface area contributed by atoms with Crippen molar-refractivity contribution in [1.82, 2.24) is 9.80 Å². The molecular weight excluding hydrogens is 375 g/mol. The third kappa shape index (κ3) is 8.19.